The summed E-state index contributed by atoms with van der Waals surface area (Å²) in [5.41, 5.74) is 6.92. The lowest BCUT2D eigenvalue weighted by Crippen LogP contribution is -2.15. The second-order valence-corrected chi connectivity index (χ2v) is 5.02. The molecule has 1 aromatic rings. The van der Waals surface area contributed by atoms with Gasteiger partial charge in [0.1, 0.15) is 5.75 Å². The van der Waals surface area contributed by atoms with Gasteiger partial charge in [0, 0.05) is 11.8 Å². The number of carbonyl (C=O) groups is 1. The topological polar surface area (TPSA) is 64.4 Å². The molecule has 1 rings (SSSR count). The molecule has 0 spiro atoms. The molecule has 0 unspecified atom stereocenters. The van der Waals surface area contributed by atoms with E-state index in [0.29, 0.717) is 22.9 Å². The van der Waals surface area contributed by atoms with Gasteiger partial charge in [0.15, 0.2) is 0 Å². The van der Waals surface area contributed by atoms with Crippen LogP contribution in [0.15, 0.2) is 18.2 Å². The first-order chi connectivity index (χ1) is 8.67. The Morgan fingerprint density at radius 2 is 2.28 bits per heavy atom. The van der Waals surface area contributed by atoms with Gasteiger partial charge in [0.05, 0.1) is 18.6 Å². The molecule has 100 valence electrons. The van der Waals surface area contributed by atoms with Crippen molar-refractivity contribution < 1.29 is 9.53 Å². The molecule has 18 heavy (non-hydrogen) atoms. The van der Waals surface area contributed by atoms with E-state index in [4.69, 9.17) is 10.5 Å². The van der Waals surface area contributed by atoms with Crippen molar-refractivity contribution in [3.8, 4) is 5.75 Å². The molecule has 0 atom stereocenters. The molecule has 0 bridgehead atoms. The smallest absolute Gasteiger partial charge is 0.234 e. The minimum Gasteiger partial charge on any atom is -0.494 e. The van der Waals surface area contributed by atoms with Crippen molar-refractivity contribution in [2.24, 2.45) is 0 Å². The van der Waals surface area contributed by atoms with Crippen molar-refractivity contribution in [3.63, 3.8) is 0 Å². The summed E-state index contributed by atoms with van der Waals surface area (Å²) in [6.07, 6.45) is 2.30. The second kappa shape index (κ2) is 7.87. The minimum absolute atomic E-state index is 0.0147. The molecule has 0 saturated carbocycles. The number of thioether (sulfide) groups is 1. The number of benzene rings is 1. The lowest BCUT2D eigenvalue weighted by molar-refractivity contribution is -0.113. The van der Waals surface area contributed by atoms with Crippen molar-refractivity contribution in [2.75, 3.05) is 29.7 Å². The Balaban J connectivity index is 2.48. The number of rotatable bonds is 7. The molecule has 0 aliphatic rings. The summed E-state index contributed by atoms with van der Waals surface area (Å²) in [6, 6.07) is 5.19. The van der Waals surface area contributed by atoms with E-state index >= 15 is 0 Å². The zero-order chi connectivity index (χ0) is 13.4. The van der Waals surface area contributed by atoms with Gasteiger partial charge >= 0.3 is 0 Å². The number of methoxy groups -OCH3 is 1. The molecule has 3 N–H and O–H groups in total. The Morgan fingerprint density at radius 3 is 2.94 bits per heavy atom. The predicted octanol–water partition coefficient (Wildman–Crippen LogP) is 2.75. The molecular weight excluding hydrogens is 248 g/mol. The maximum atomic E-state index is 11.7. The number of nitrogen functional groups attached to an aromatic ring is 1. The Kier molecular flexibility index (Phi) is 6.43. The molecule has 1 amide bonds. The summed E-state index contributed by atoms with van der Waals surface area (Å²) in [4.78, 5) is 11.7. The van der Waals surface area contributed by atoms with Gasteiger partial charge in [-0.25, -0.2) is 0 Å². The maximum absolute atomic E-state index is 11.7. The highest BCUT2D eigenvalue weighted by atomic mass is 32.2. The number of nitrogens with one attached hydrogen (secondary N) is 1. The van der Waals surface area contributed by atoms with Crippen LogP contribution in [0.3, 0.4) is 0 Å². The summed E-state index contributed by atoms with van der Waals surface area (Å²) in [5, 5.41) is 2.83. The zero-order valence-electron chi connectivity index (χ0n) is 10.9. The van der Waals surface area contributed by atoms with Crippen molar-refractivity contribution >= 4 is 29.0 Å². The molecule has 1 aromatic carbocycles. The van der Waals surface area contributed by atoms with E-state index in [1.807, 2.05) is 0 Å². The van der Waals surface area contributed by atoms with Crippen molar-refractivity contribution in [2.45, 2.75) is 19.8 Å². The molecule has 0 heterocycles. The number of nitrogens with two attached hydrogens (primary N) is 1. The molecule has 5 heteroatoms. The number of hydrogen-bond donors (Lipinski definition) is 2. The Morgan fingerprint density at radius 1 is 1.50 bits per heavy atom. The number of hydrogen-bond acceptors (Lipinski definition) is 4. The van der Waals surface area contributed by atoms with Crippen LogP contribution in [-0.4, -0.2) is 24.5 Å². The van der Waals surface area contributed by atoms with E-state index in [9.17, 15) is 4.79 Å². The SMILES string of the molecule is CCCCSCC(=O)Nc1ccc(N)cc1OC. The number of amides is 1. The standard InChI is InChI=1S/C13H20N2O2S/c1-3-4-7-18-9-13(16)15-11-6-5-10(14)8-12(11)17-2/h5-6,8H,3-4,7,9,14H2,1-2H3,(H,15,16). The van der Waals surface area contributed by atoms with Gasteiger partial charge in [-0.1, -0.05) is 13.3 Å². The molecule has 0 aliphatic carbocycles. The minimum atomic E-state index is -0.0147. The van der Waals surface area contributed by atoms with Crippen LogP contribution in [0.5, 0.6) is 5.75 Å². The molecule has 0 aromatic heterocycles. The van der Waals surface area contributed by atoms with Crippen LogP contribution in [0.1, 0.15) is 19.8 Å². The fourth-order valence-corrected chi connectivity index (χ4v) is 2.30. The molecule has 0 saturated heterocycles. The normalized spacial score (nSPS) is 10.1. The quantitative estimate of drug-likeness (QED) is 0.589. The Hall–Kier alpha value is -1.36. The van der Waals surface area contributed by atoms with Crippen LogP contribution < -0.4 is 15.8 Å². The molecule has 0 fully saturated rings. The van der Waals surface area contributed by atoms with Crippen molar-refractivity contribution in [3.05, 3.63) is 18.2 Å². The second-order valence-electron chi connectivity index (χ2n) is 3.91. The van der Waals surface area contributed by atoms with Gasteiger partial charge in [0.2, 0.25) is 5.91 Å². The number of unbranched alkanes of at least 4 members (excludes halogenated alkanes) is 1. The summed E-state index contributed by atoms with van der Waals surface area (Å²) in [7, 11) is 1.56. The lowest BCUT2D eigenvalue weighted by atomic mass is 10.2. The molecule has 0 aliphatic heterocycles. The average Bonchev–Trinajstić information content (AvgIpc) is 2.37. The van der Waals surface area contributed by atoms with E-state index in [0.717, 1.165) is 18.6 Å². The first kappa shape index (κ1) is 14.7. The predicted molar refractivity (Wildman–Crippen MR) is 78.3 cm³/mol. The molecule has 0 radical (unpaired) electrons. The highest BCUT2D eigenvalue weighted by molar-refractivity contribution is 7.99. The van der Waals surface area contributed by atoms with Crippen LogP contribution in [-0.2, 0) is 4.79 Å². The van der Waals surface area contributed by atoms with Crippen molar-refractivity contribution in [1.29, 1.82) is 0 Å². The summed E-state index contributed by atoms with van der Waals surface area (Å²) < 4.78 is 5.17. The number of ether oxygens (including phenoxy) is 1. The van der Waals surface area contributed by atoms with Crippen molar-refractivity contribution in [1.82, 2.24) is 0 Å². The Labute approximate surface area is 112 Å². The van der Waals surface area contributed by atoms with Gasteiger partial charge in [-0.2, -0.15) is 11.8 Å². The number of anilines is 2. The number of carbonyl (C=O) groups excluding carboxylic acids is 1. The highest BCUT2D eigenvalue weighted by Crippen LogP contribution is 2.26. The monoisotopic (exact) mass is 268 g/mol. The fraction of sp³-hybridized carbons (Fsp3) is 0.462. The largest absolute Gasteiger partial charge is 0.494 e. The third kappa shape index (κ3) is 4.87. The first-order valence-electron chi connectivity index (χ1n) is 5.98. The maximum Gasteiger partial charge on any atom is 0.234 e. The van der Waals surface area contributed by atoms with E-state index in [-0.39, 0.29) is 5.91 Å². The van der Waals surface area contributed by atoms with Gasteiger partial charge in [0.25, 0.3) is 0 Å². The Bertz CT molecular complexity index is 397. The molecular formula is C13H20N2O2S. The summed E-state index contributed by atoms with van der Waals surface area (Å²) >= 11 is 1.64. The van der Waals surface area contributed by atoms with Crippen LogP contribution in [0.25, 0.3) is 0 Å². The van der Waals surface area contributed by atoms with Crippen LogP contribution in [0.2, 0.25) is 0 Å². The van der Waals surface area contributed by atoms with E-state index in [2.05, 4.69) is 12.2 Å². The van der Waals surface area contributed by atoms with Gasteiger partial charge in [-0.15, -0.1) is 0 Å². The third-order valence-electron chi connectivity index (χ3n) is 2.38. The molecule has 4 nitrogen and oxygen atoms in total. The summed E-state index contributed by atoms with van der Waals surface area (Å²) in [6.45, 7) is 2.14. The van der Waals surface area contributed by atoms with Gasteiger partial charge in [-0.3, -0.25) is 4.79 Å². The third-order valence-corrected chi connectivity index (χ3v) is 3.42. The fourth-order valence-electron chi connectivity index (χ4n) is 1.41. The van der Waals surface area contributed by atoms with Crippen LogP contribution >= 0.6 is 11.8 Å². The zero-order valence-corrected chi connectivity index (χ0v) is 11.7. The highest BCUT2D eigenvalue weighted by Gasteiger charge is 2.07. The van der Waals surface area contributed by atoms with Crippen LogP contribution in [0, 0.1) is 0 Å². The van der Waals surface area contributed by atoms with E-state index in [1.165, 1.54) is 0 Å². The van der Waals surface area contributed by atoms with Gasteiger partial charge in [-0.05, 0) is 24.3 Å². The lowest BCUT2D eigenvalue weighted by Gasteiger charge is -2.10. The van der Waals surface area contributed by atoms with Crippen LogP contribution in [0.4, 0.5) is 11.4 Å². The van der Waals surface area contributed by atoms with E-state index in [1.54, 1.807) is 37.1 Å². The van der Waals surface area contributed by atoms with E-state index < -0.39 is 0 Å². The van der Waals surface area contributed by atoms with Gasteiger partial charge < -0.3 is 15.8 Å². The first-order valence-corrected chi connectivity index (χ1v) is 7.14. The average molecular weight is 268 g/mol. The summed E-state index contributed by atoms with van der Waals surface area (Å²) in [5.74, 6) is 2.05.